The van der Waals surface area contributed by atoms with Gasteiger partial charge in [-0.15, -0.1) is 0 Å². The summed E-state index contributed by atoms with van der Waals surface area (Å²) in [7, 11) is 1.54. The zero-order valence-electron chi connectivity index (χ0n) is 12.2. The van der Waals surface area contributed by atoms with E-state index in [4.69, 9.17) is 4.74 Å². The molecule has 118 valence electrons. The van der Waals surface area contributed by atoms with E-state index in [-0.39, 0.29) is 12.1 Å². The molecule has 2 unspecified atom stereocenters. The quantitative estimate of drug-likeness (QED) is 0.814. The second kappa shape index (κ2) is 7.26. The van der Waals surface area contributed by atoms with Crippen molar-refractivity contribution in [2.75, 3.05) is 20.2 Å². The van der Waals surface area contributed by atoms with E-state index in [2.05, 4.69) is 5.32 Å². The number of nitrogens with one attached hydrogen (secondary N) is 1. The maximum Gasteiger partial charge on any atom is 0.406 e. The molecule has 0 saturated carbocycles. The second-order valence-corrected chi connectivity index (χ2v) is 5.11. The van der Waals surface area contributed by atoms with Crippen LogP contribution in [0.5, 0.6) is 0 Å². The predicted molar refractivity (Wildman–Crippen MR) is 69.3 cm³/mol. The summed E-state index contributed by atoms with van der Waals surface area (Å²) >= 11 is 0. The van der Waals surface area contributed by atoms with Crippen LogP contribution in [0.1, 0.15) is 33.1 Å². The smallest absolute Gasteiger partial charge is 0.380 e. The Labute approximate surface area is 117 Å². The van der Waals surface area contributed by atoms with Crippen molar-refractivity contribution in [3.63, 3.8) is 0 Å². The lowest BCUT2D eigenvalue weighted by Crippen LogP contribution is -2.51. The molecular formula is C13H23F3N2O2. The van der Waals surface area contributed by atoms with E-state index >= 15 is 0 Å². The zero-order valence-corrected chi connectivity index (χ0v) is 12.2. The van der Waals surface area contributed by atoms with E-state index in [1.807, 2.05) is 0 Å². The summed E-state index contributed by atoms with van der Waals surface area (Å²) in [6.45, 7) is 2.90. The number of rotatable bonds is 6. The first kappa shape index (κ1) is 17.2. The van der Waals surface area contributed by atoms with Crippen molar-refractivity contribution in [3.05, 3.63) is 0 Å². The molecule has 0 aromatic heterocycles. The molecule has 7 heteroatoms. The number of alkyl halides is 3. The maximum absolute atomic E-state index is 12.7. The predicted octanol–water partition coefficient (Wildman–Crippen LogP) is 1.94. The van der Waals surface area contributed by atoms with Crippen LogP contribution in [-0.2, 0) is 9.53 Å². The maximum atomic E-state index is 12.7. The molecule has 0 aromatic carbocycles. The van der Waals surface area contributed by atoms with Crippen molar-refractivity contribution in [2.45, 2.75) is 57.5 Å². The fourth-order valence-corrected chi connectivity index (χ4v) is 2.58. The summed E-state index contributed by atoms with van der Waals surface area (Å²) in [5, 5.41) is 2.94. The van der Waals surface area contributed by atoms with Crippen LogP contribution in [0.2, 0.25) is 0 Å². The summed E-state index contributed by atoms with van der Waals surface area (Å²) in [5.41, 5.74) is 0. The lowest BCUT2D eigenvalue weighted by molar-refractivity contribution is -0.167. The molecule has 0 bridgehead atoms. The molecule has 1 saturated heterocycles. The number of hydrogen-bond acceptors (Lipinski definition) is 3. The molecule has 1 heterocycles. The average Bonchev–Trinajstić information content (AvgIpc) is 2.85. The van der Waals surface area contributed by atoms with Crippen LogP contribution in [0.3, 0.4) is 0 Å². The molecule has 1 aliphatic rings. The van der Waals surface area contributed by atoms with Crippen molar-refractivity contribution < 1.29 is 22.7 Å². The third kappa shape index (κ3) is 4.63. The van der Waals surface area contributed by atoms with Crippen LogP contribution >= 0.6 is 0 Å². The van der Waals surface area contributed by atoms with E-state index in [0.717, 1.165) is 4.90 Å². The number of hydrogen-bond donors (Lipinski definition) is 1. The summed E-state index contributed by atoms with van der Waals surface area (Å²) in [6.07, 6.45) is -3.04. The van der Waals surface area contributed by atoms with Gasteiger partial charge < -0.3 is 15.0 Å². The highest BCUT2D eigenvalue weighted by Crippen LogP contribution is 2.23. The minimum atomic E-state index is -4.38. The molecule has 0 aliphatic carbocycles. The number of carbonyl (C=O) groups excluding carboxylic acids is 1. The molecular weight excluding hydrogens is 273 g/mol. The Morgan fingerprint density at radius 2 is 2.00 bits per heavy atom. The summed E-state index contributed by atoms with van der Waals surface area (Å²) in [6, 6.07) is -0.963. The topological polar surface area (TPSA) is 41.6 Å². The van der Waals surface area contributed by atoms with Gasteiger partial charge in [0.1, 0.15) is 6.54 Å². The standard InChI is InChI=1S/C13H23F3N2O2/c1-4-9(5-2)18(8-13(14,15)16)12(19)11-6-10(20-3)7-17-11/h9-11,17H,4-8H2,1-3H3. The Balaban J connectivity index is 2.79. The minimum Gasteiger partial charge on any atom is -0.380 e. The summed E-state index contributed by atoms with van der Waals surface area (Å²) < 4.78 is 43.2. The fraction of sp³-hybridized carbons (Fsp3) is 0.923. The molecule has 1 aliphatic heterocycles. The van der Waals surface area contributed by atoms with Gasteiger partial charge in [-0.25, -0.2) is 0 Å². The van der Waals surface area contributed by atoms with Crippen LogP contribution < -0.4 is 5.32 Å². The van der Waals surface area contributed by atoms with Gasteiger partial charge in [0.25, 0.3) is 0 Å². The highest BCUT2D eigenvalue weighted by atomic mass is 19.4. The molecule has 0 spiro atoms. The van der Waals surface area contributed by atoms with Crippen molar-refractivity contribution in [1.82, 2.24) is 10.2 Å². The SMILES string of the molecule is CCC(CC)N(CC(F)(F)F)C(=O)C1CC(OC)CN1. The van der Waals surface area contributed by atoms with Crippen LogP contribution in [-0.4, -0.2) is 55.4 Å². The molecule has 2 atom stereocenters. The highest BCUT2D eigenvalue weighted by molar-refractivity contribution is 5.82. The van der Waals surface area contributed by atoms with E-state index in [1.165, 1.54) is 7.11 Å². The van der Waals surface area contributed by atoms with Crippen molar-refractivity contribution >= 4 is 5.91 Å². The Bertz CT molecular complexity index is 319. The van der Waals surface area contributed by atoms with E-state index in [9.17, 15) is 18.0 Å². The monoisotopic (exact) mass is 296 g/mol. The molecule has 1 N–H and O–H groups in total. The fourth-order valence-electron chi connectivity index (χ4n) is 2.58. The number of carbonyl (C=O) groups is 1. The van der Waals surface area contributed by atoms with Gasteiger partial charge in [0.15, 0.2) is 0 Å². The average molecular weight is 296 g/mol. The first-order valence-corrected chi connectivity index (χ1v) is 6.95. The van der Waals surface area contributed by atoms with Crippen LogP contribution in [0.15, 0.2) is 0 Å². The molecule has 1 fully saturated rings. The summed E-state index contributed by atoms with van der Waals surface area (Å²) in [5.74, 6) is -0.476. The molecule has 0 radical (unpaired) electrons. The van der Waals surface area contributed by atoms with Gasteiger partial charge in [0, 0.05) is 19.7 Å². The Morgan fingerprint density at radius 1 is 1.40 bits per heavy atom. The largest absolute Gasteiger partial charge is 0.406 e. The number of amides is 1. The Kier molecular flexibility index (Phi) is 6.26. The van der Waals surface area contributed by atoms with Crippen LogP contribution in [0.4, 0.5) is 13.2 Å². The van der Waals surface area contributed by atoms with Crippen LogP contribution in [0, 0.1) is 0 Å². The molecule has 20 heavy (non-hydrogen) atoms. The van der Waals surface area contributed by atoms with E-state index in [0.29, 0.717) is 25.8 Å². The minimum absolute atomic E-state index is 0.113. The lowest BCUT2D eigenvalue weighted by Gasteiger charge is -2.33. The first-order chi connectivity index (χ1) is 9.32. The third-order valence-corrected chi connectivity index (χ3v) is 3.74. The molecule has 1 rings (SSSR count). The van der Waals surface area contributed by atoms with Gasteiger partial charge in [0.05, 0.1) is 12.1 Å². The zero-order chi connectivity index (χ0) is 15.3. The van der Waals surface area contributed by atoms with E-state index < -0.39 is 24.7 Å². The number of nitrogens with zero attached hydrogens (tertiary/aromatic N) is 1. The van der Waals surface area contributed by atoms with E-state index in [1.54, 1.807) is 13.8 Å². The highest BCUT2D eigenvalue weighted by Gasteiger charge is 2.40. The van der Waals surface area contributed by atoms with Gasteiger partial charge in [-0.1, -0.05) is 13.8 Å². The first-order valence-electron chi connectivity index (χ1n) is 6.95. The molecule has 0 aromatic rings. The number of ether oxygens (including phenoxy) is 1. The van der Waals surface area contributed by atoms with Gasteiger partial charge in [-0.3, -0.25) is 4.79 Å². The second-order valence-electron chi connectivity index (χ2n) is 5.11. The van der Waals surface area contributed by atoms with Gasteiger partial charge in [-0.2, -0.15) is 13.2 Å². The van der Waals surface area contributed by atoms with Gasteiger partial charge >= 0.3 is 6.18 Å². The van der Waals surface area contributed by atoms with Crippen LogP contribution in [0.25, 0.3) is 0 Å². The van der Waals surface area contributed by atoms with Gasteiger partial charge in [-0.05, 0) is 19.3 Å². The normalized spacial score (nSPS) is 23.4. The Morgan fingerprint density at radius 3 is 2.40 bits per heavy atom. The van der Waals surface area contributed by atoms with Gasteiger partial charge in [0.2, 0.25) is 5.91 Å². The van der Waals surface area contributed by atoms with Crippen molar-refractivity contribution in [2.24, 2.45) is 0 Å². The number of halogens is 3. The third-order valence-electron chi connectivity index (χ3n) is 3.74. The lowest BCUT2D eigenvalue weighted by atomic mass is 10.1. The molecule has 4 nitrogen and oxygen atoms in total. The molecule has 1 amide bonds. The Hall–Kier alpha value is -0.820. The number of methoxy groups -OCH3 is 1. The van der Waals surface area contributed by atoms with Crippen molar-refractivity contribution in [3.8, 4) is 0 Å². The van der Waals surface area contributed by atoms with Crippen molar-refractivity contribution in [1.29, 1.82) is 0 Å². The summed E-state index contributed by atoms with van der Waals surface area (Å²) in [4.78, 5) is 13.3.